The van der Waals surface area contributed by atoms with E-state index in [1.807, 2.05) is 6.08 Å². The molecule has 1 nitrogen and oxygen atoms in total. The molecule has 38 heavy (non-hydrogen) atoms. The van der Waals surface area contributed by atoms with E-state index >= 15 is 13.2 Å². The van der Waals surface area contributed by atoms with E-state index in [-0.39, 0.29) is 28.7 Å². The van der Waals surface area contributed by atoms with Gasteiger partial charge in [-0.15, -0.1) is 6.58 Å². The molecule has 0 unspecified atom stereocenters. The number of hydrogen-bond donors (Lipinski definition) is 0. The topological polar surface area (TPSA) is 9.23 Å². The normalized spacial score (nSPS) is 17.8. The summed E-state index contributed by atoms with van der Waals surface area (Å²) >= 11 is 0. The Labute approximate surface area is 221 Å². The maximum atomic E-state index is 15.1. The molecule has 4 rings (SSSR count). The van der Waals surface area contributed by atoms with Gasteiger partial charge in [0.25, 0.3) is 0 Å². The van der Waals surface area contributed by atoms with Crippen LogP contribution in [-0.2, 0) is 25.4 Å². The molecule has 6 heteroatoms. The van der Waals surface area contributed by atoms with E-state index < -0.39 is 30.0 Å². The van der Waals surface area contributed by atoms with Gasteiger partial charge < -0.3 is 4.74 Å². The maximum Gasteiger partial charge on any atom is 0.429 e. The first-order chi connectivity index (χ1) is 18.2. The van der Waals surface area contributed by atoms with Crippen molar-refractivity contribution in [3.8, 4) is 5.75 Å². The van der Waals surface area contributed by atoms with Crippen molar-refractivity contribution in [2.45, 2.75) is 63.9 Å². The SMILES string of the molecule is C=CCc1ccc(CCc2ccc(OC(F)(F)c3c(C)cc(C4CCC(CF)CC4)c(F)c3F)cc2)cc1. The van der Waals surface area contributed by atoms with Crippen LogP contribution in [0.1, 0.15) is 65.0 Å². The summed E-state index contributed by atoms with van der Waals surface area (Å²) in [5, 5.41) is 0. The highest BCUT2D eigenvalue weighted by atomic mass is 19.3. The molecule has 0 heterocycles. The number of hydrogen-bond acceptors (Lipinski definition) is 1. The number of rotatable bonds is 10. The zero-order chi connectivity index (χ0) is 27.3. The first-order valence-corrected chi connectivity index (χ1v) is 13.1. The Balaban J connectivity index is 1.43. The minimum Gasteiger partial charge on any atom is -0.429 e. The molecule has 1 fully saturated rings. The molecule has 0 radical (unpaired) electrons. The molecule has 202 valence electrons. The zero-order valence-electron chi connectivity index (χ0n) is 21.6. The van der Waals surface area contributed by atoms with Gasteiger partial charge in [0.1, 0.15) is 11.3 Å². The van der Waals surface area contributed by atoms with Crippen molar-refractivity contribution < 1.29 is 26.7 Å². The lowest BCUT2D eigenvalue weighted by Crippen LogP contribution is -2.26. The summed E-state index contributed by atoms with van der Waals surface area (Å²) in [7, 11) is 0. The molecule has 0 aromatic heterocycles. The first kappa shape index (κ1) is 27.9. The van der Waals surface area contributed by atoms with E-state index in [0.717, 1.165) is 24.0 Å². The molecular weight excluding hydrogens is 495 g/mol. The molecule has 1 aliphatic carbocycles. The van der Waals surface area contributed by atoms with Crippen molar-refractivity contribution in [3.05, 3.63) is 112 Å². The second-order valence-corrected chi connectivity index (χ2v) is 10.2. The van der Waals surface area contributed by atoms with Gasteiger partial charge >= 0.3 is 6.11 Å². The van der Waals surface area contributed by atoms with Crippen LogP contribution >= 0.6 is 0 Å². The van der Waals surface area contributed by atoms with Crippen LogP contribution in [-0.4, -0.2) is 6.67 Å². The predicted octanol–water partition coefficient (Wildman–Crippen LogP) is 9.16. The van der Waals surface area contributed by atoms with Gasteiger partial charge in [-0.25, -0.2) is 8.78 Å². The van der Waals surface area contributed by atoms with Crippen molar-refractivity contribution >= 4 is 0 Å². The maximum absolute atomic E-state index is 15.1. The van der Waals surface area contributed by atoms with Crippen molar-refractivity contribution in [2.24, 2.45) is 5.92 Å². The summed E-state index contributed by atoms with van der Waals surface area (Å²) < 4.78 is 78.0. The Morgan fingerprint density at radius 2 is 1.42 bits per heavy atom. The zero-order valence-corrected chi connectivity index (χ0v) is 21.6. The van der Waals surface area contributed by atoms with E-state index in [4.69, 9.17) is 4.74 Å². The predicted molar refractivity (Wildman–Crippen MR) is 140 cm³/mol. The first-order valence-electron chi connectivity index (χ1n) is 13.1. The Morgan fingerprint density at radius 1 is 0.868 bits per heavy atom. The summed E-state index contributed by atoms with van der Waals surface area (Å²) in [6, 6.07) is 15.7. The van der Waals surface area contributed by atoms with Crippen LogP contribution in [0.15, 0.2) is 67.3 Å². The standard InChI is InChI=1S/C32H33F5O/c1-3-4-22-5-7-23(8-6-22)9-10-24-13-17-27(18-14-24)38-32(36,37)29-21(2)19-28(30(34)31(29)35)26-15-11-25(20-33)12-16-26/h3,5-8,13-14,17-19,25-26H,1,4,9-12,15-16,20H2,2H3. The Kier molecular flexibility index (Phi) is 8.91. The smallest absolute Gasteiger partial charge is 0.429 e. The highest BCUT2D eigenvalue weighted by Crippen LogP contribution is 2.42. The van der Waals surface area contributed by atoms with Crippen LogP contribution in [0.2, 0.25) is 0 Å². The van der Waals surface area contributed by atoms with Crippen molar-refractivity contribution in [3.63, 3.8) is 0 Å². The Morgan fingerprint density at radius 3 is 1.97 bits per heavy atom. The fraction of sp³-hybridized carbons (Fsp3) is 0.375. The summed E-state index contributed by atoms with van der Waals surface area (Å²) in [5.74, 6) is -3.39. The van der Waals surface area contributed by atoms with Crippen molar-refractivity contribution in [1.82, 2.24) is 0 Å². The van der Waals surface area contributed by atoms with Crippen LogP contribution in [0.4, 0.5) is 22.0 Å². The number of allylic oxidation sites excluding steroid dienone is 1. The highest BCUT2D eigenvalue weighted by Gasteiger charge is 2.42. The third-order valence-electron chi connectivity index (χ3n) is 7.50. The summed E-state index contributed by atoms with van der Waals surface area (Å²) in [5.41, 5.74) is 2.20. The van der Waals surface area contributed by atoms with Gasteiger partial charge in [0.2, 0.25) is 0 Å². The van der Waals surface area contributed by atoms with Crippen LogP contribution in [0.5, 0.6) is 5.75 Å². The average molecular weight is 529 g/mol. The van der Waals surface area contributed by atoms with E-state index in [1.54, 1.807) is 12.1 Å². The quantitative estimate of drug-likeness (QED) is 0.188. The second kappa shape index (κ2) is 12.1. The van der Waals surface area contributed by atoms with Crippen LogP contribution < -0.4 is 4.74 Å². The van der Waals surface area contributed by atoms with E-state index in [0.29, 0.717) is 32.1 Å². The molecule has 0 amide bonds. The summed E-state index contributed by atoms with van der Waals surface area (Å²) in [6.07, 6.45) is 2.25. The van der Waals surface area contributed by atoms with Gasteiger partial charge in [-0.05, 0) is 104 Å². The number of aryl methyl sites for hydroxylation is 3. The third-order valence-corrected chi connectivity index (χ3v) is 7.50. The average Bonchev–Trinajstić information content (AvgIpc) is 2.91. The molecule has 1 saturated carbocycles. The van der Waals surface area contributed by atoms with Gasteiger partial charge in [0.15, 0.2) is 11.6 Å². The fourth-order valence-corrected chi connectivity index (χ4v) is 5.28. The second-order valence-electron chi connectivity index (χ2n) is 10.2. The minimum atomic E-state index is -4.06. The molecule has 0 aliphatic heterocycles. The highest BCUT2D eigenvalue weighted by molar-refractivity contribution is 5.39. The number of ether oxygens (including phenoxy) is 1. The monoisotopic (exact) mass is 528 g/mol. The van der Waals surface area contributed by atoms with E-state index in [1.165, 1.54) is 30.7 Å². The molecule has 3 aromatic rings. The Hall–Kier alpha value is -3.15. The molecule has 0 saturated heterocycles. The fourth-order valence-electron chi connectivity index (χ4n) is 5.28. The van der Waals surface area contributed by atoms with Crippen molar-refractivity contribution in [2.75, 3.05) is 6.67 Å². The molecule has 3 aromatic carbocycles. The summed E-state index contributed by atoms with van der Waals surface area (Å²) in [6.45, 7) is 4.63. The number of halogens is 5. The molecule has 1 aliphatic rings. The molecule has 0 atom stereocenters. The van der Waals surface area contributed by atoms with Gasteiger partial charge in [-0.2, -0.15) is 8.78 Å². The van der Waals surface area contributed by atoms with Gasteiger partial charge in [0, 0.05) is 0 Å². The van der Waals surface area contributed by atoms with Crippen molar-refractivity contribution in [1.29, 1.82) is 0 Å². The molecule has 0 spiro atoms. The number of benzene rings is 3. The Bertz CT molecular complexity index is 1230. The lowest BCUT2D eigenvalue weighted by Gasteiger charge is -2.29. The molecular formula is C32H33F5O. The lowest BCUT2D eigenvalue weighted by atomic mass is 9.78. The van der Waals surface area contributed by atoms with Crippen LogP contribution in [0, 0.1) is 24.5 Å². The summed E-state index contributed by atoms with van der Waals surface area (Å²) in [4.78, 5) is 0. The van der Waals surface area contributed by atoms with Crippen LogP contribution in [0.3, 0.4) is 0 Å². The van der Waals surface area contributed by atoms with Gasteiger partial charge in [-0.1, -0.05) is 48.5 Å². The van der Waals surface area contributed by atoms with Gasteiger partial charge in [-0.3, -0.25) is 4.39 Å². The lowest BCUT2D eigenvalue weighted by molar-refractivity contribution is -0.188. The van der Waals surface area contributed by atoms with E-state index in [2.05, 4.69) is 30.8 Å². The largest absolute Gasteiger partial charge is 0.429 e. The number of alkyl halides is 3. The minimum absolute atomic E-state index is 0.0717. The molecule has 0 bridgehead atoms. The van der Waals surface area contributed by atoms with E-state index in [9.17, 15) is 8.78 Å². The van der Waals surface area contributed by atoms with Crippen LogP contribution in [0.25, 0.3) is 0 Å². The molecule has 0 N–H and O–H groups in total. The third kappa shape index (κ3) is 6.46. The van der Waals surface area contributed by atoms with Gasteiger partial charge in [0.05, 0.1) is 6.67 Å².